The number of carbonyl (C=O) groups excluding carboxylic acids is 2. The van der Waals surface area contributed by atoms with E-state index >= 15 is 0 Å². The molecule has 22 heavy (non-hydrogen) atoms. The Kier molecular flexibility index (Phi) is 7.09. The molecule has 0 aliphatic heterocycles. The maximum Gasteiger partial charge on any atom is 0.242 e. The normalized spacial score (nSPS) is 12.1. The molecule has 0 spiro atoms. The van der Waals surface area contributed by atoms with Crippen molar-refractivity contribution in [3.63, 3.8) is 0 Å². The molecule has 0 fully saturated rings. The average molecular weight is 304 g/mol. The van der Waals surface area contributed by atoms with Crippen molar-refractivity contribution in [1.82, 2.24) is 10.2 Å². The zero-order valence-electron chi connectivity index (χ0n) is 14.3. The summed E-state index contributed by atoms with van der Waals surface area (Å²) in [5, 5.41) is 2.89. The van der Waals surface area contributed by atoms with E-state index in [2.05, 4.69) is 5.32 Å². The molecule has 2 amide bonds. The SMILES string of the molecule is CCCC(=O)N(Cc1ccccc1C)[C@@H](C)C(=O)NC(C)C. The lowest BCUT2D eigenvalue weighted by molar-refractivity contribution is -0.140. The number of rotatable bonds is 7. The summed E-state index contributed by atoms with van der Waals surface area (Å²) < 4.78 is 0. The van der Waals surface area contributed by atoms with E-state index in [1.54, 1.807) is 11.8 Å². The Morgan fingerprint density at radius 1 is 1.18 bits per heavy atom. The van der Waals surface area contributed by atoms with Crippen LogP contribution in [0, 0.1) is 6.92 Å². The van der Waals surface area contributed by atoms with Gasteiger partial charge in [-0.25, -0.2) is 0 Å². The van der Waals surface area contributed by atoms with Crippen LogP contribution < -0.4 is 5.32 Å². The van der Waals surface area contributed by atoms with E-state index in [1.165, 1.54) is 0 Å². The summed E-state index contributed by atoms with van der Waals surface area (Å²) in [6.07, 6.45) is 1.24. The highest BCUT2D eigenvalue weighted by Crippen LogP contribution is 2.15. The van der Waals surface area contributed by atoms with Gasteiger partial charge in [0, 0.05) is 19.0 Å². The topological polar surface area (TPSA) is 49.4 Å². The van der Waals surface area contributed by atoms with Gasteiger partial charge in [0.25, 0.3) is 0 Å². The van der Waals surface area contributed by atoms with Gasteiger partial charge in [-0.1, -0.05) is 31.2 Å². The summed E-state index contributed by atoms with van der Waals surface area (Å²) in [4.78, 5) is 26.4. The van der Waals surface area contributed by atoms with Crippen LogP contribution in [0.5, 0.6) is 0 Å². The minimum absolute atomic E-state index is 0.0251. The van der Waals surface area contributed by atoms with Crippen molar-refractivity contribution < 1.29 is 9.59 Å². The van der Waals surface area contributed by atoms with Gasteiger partial charge in [-0.15, -0.1) is 0 Å². The lowest BCUT2D eigenvalue weighted by Crippen LogP contribution is -2.49. The molecule has 0 bridgehead atoms. The fourth-order valence-corrected chi connectivity index (χ4v) is 2.32. The molecule has 1 aromatic rings. The molecule has 1 rings (SSSR count). The highest BCUT2D eigenvalue weighted by atomic mass is 16.2. The van der Waals surface area contributed by atoms with Crippen LogP contribution in [-0.2, 0) is 16.1 Å². The first kappa shape index (κ1) is 18.2. The second-order valence-corrected chi connectivity index (χ2v) is 6.04. The standard InChI is InChI=1S/C18H28N2O2/c1-6-9-17(21)20(15(5)18(22)19-13(2)3)12-16-11-8-7-10-14(16)4/h7-8,10-11,13,15H,6,9,12H2,1-5H3,(H,19,22)/t15-/m0/s1. The van der Waals surface area contributed by atoms with E-state index in [0.29, 0.717) is 13.0 Å². The number of amides is 2. The van der Waals surface area contributed by atoms with Gasteiger partial charge >= 0.3 is 0 Å². The molecular formula is C18H28N2O2. The van der Waals surface area contributed by atoms with Gasteiger partial charge in [0.1, 0.15) is 6.04 Å². The van der Waals surface area contributed by atoms with Crippen LogP contribution in [0.25, 0.3) is 0 Å². The molecule has 0 unspecified atom stereocenters. The number of nitrogens with zero attached hydrogens (tertiary/aromatic N) is 1. The molecule has 0 aliphatic carbocycles. The van der Waals surface area contributed by atoms with Gasteiger partial charge in [0.05, 0.1) is 0 Å². The Hall–Kier alpha value is -1.84. The number of benzene rings is 1. The Morgan fingerprint density at radius 2 is 1.82 bits per heavy atom. The molecule has 4 heteroatoms. The van der Waals surface area contributed by atoms with E-state index in [0.717, 1.165) is 17.5 Å². The molecule has 0 heterocycles. The van der Waals surface area contributed by atoms with Crippen LogP contribution in [-0.4, -0.2) is 28.8 Å². The first-order valence-electron chi connectivity index (χ1n) is 8.01. The summed E-state index contributed by atoms with van der Waals surface area (Å²) in [6.45, 7) is 10.1. The third-order valence-electron chi connectivity index (χ3n) is 3.66. The third kappa shape index (κ3) is 5.17. The van der Waals surface area contributed by atoms with Crippen LogP contribution >= 0.6 is 0 Å². The Morgan fingerprint density at radius 3 is 2.36 bits per heavy atom. The van der Waals surface area contributed by atoms with Crippen molar-refractivity contribution in [2.45, 2.75) is 66.1 Å². The van der Waals surface area contributed by atoms with Crippen LogP contribution in [0.4, 0.5) is 0 Å². The van der Waals surface area contributed by atoms with Gasteiger partial charge in [-0.3, -0.25) is 9.59 Å². The third-order valence-corrected chi connectivity index (χ3v) is 3.66. The monoisotopic (exact) mass is 304 g/mol. The Balaban J connectivity index is 2.95. The number of carbonyl (C=O) groups is 2. The van der Waals surface area contributed by atoms with E-state index < -0.39 is 6.04 Å². The largest absolute Gasteiger partial charge is 0.352 e. The summed E-state index contributed by atoms with van der Waals surface area (Å²) in [7, 11) is 0. The Bertz CT molecular complexity index is 512. The van der Waals surface area contributed by atoms with E-state index in [9.17, 15) is 9.59 Å². The molecular weight excluding hydrogens is 276 g/mol. The smallest absolute Gasteiger partial charge is 0.242 e. The van der Waals surface area contributed by atoms with Crippen LogP contribution in [0.2, 0.25) is 0 Å². The number of hydrogen-bond acceptors (Lipinski definition) is 2. The van der Waals surface area contributed by atoms with Gasteiger partial charge < -0.3 is 10.2 Å². The molecule has 0 radical (unpaired) electrons. The molecule has 4 nitrogen and oxygen atoms in total. The maximum atomic E-state index is 12.4. The van der Waals surface area contributed by atoms with Crippen LogP contribution in [0.3, 0.4) is 0 Å². The van der Waals surface area contributed by atoms with Crippen molar-refractivity contribution in [1.29, 1.82) is 0 Å². The van der Waals surface area contributed by atoms with Crippen molar-refractivity contribution in [2.24, 2.45) is 0 Å². The zero-order chi connectivity index (χ0) is 16.7. The van der Waals surface area contributed by atoms with Crippen LogP contribution in [0.15, 0.2) is 24.3 Å². The quantitative estimate of drug-likeness (QED) is 0.841. The first-order valence-corrected chi connectivity index (χ1v) is 8.01. The van der Waals surface area contributed by atoms with E-state index in [-0.39, 0.29) is 17.9 Å². The first-order chi connectivity index (χ1) is 10.4. The van der Waals surface area contributed by atoms with Crippen molar-refractivity contribution in [3.8, 4) is 0 Å². The predicted octanol–water partition coefficient (Wildman–Crippen LogP) is 3.04. The fourth-order valence-electron chi connectivity index (χ4n) is 2.32. The fraction of sp³-hybridized carbons (Fsp3) is 0.556. The van der Waals surface area contributed by atoms with E-state index in [1.807, 2.05) is 52.0 Å². The predicted molar refractivity (Wildman–Crippen MR) is 89.4 cm³/mol. The zero-order valence-corrected chi connectivity index (χ0v) is 14.3. The maximum absolute atomic E-state index is 12.4. The molecule has 0 aliphatic rings. The molecule has 1 aromatic carbocycles. The van der Waals surface area contributed by atoms with Crippen molar-refractivity contribution >= 4 is 11.8 Å². The van der Waals surface area contributed by atoms with Crippen molar-refractivity contribution in [3.05, 3.63) is 35.4 Å². The van der Waals surface area contributed by atoms with Crippen LogP contribution in [0.1, 0.15) is 51.7 Å². The molecule has 1 N–H and O–H groups in total. The van der Waals surface area contributed by atoms with Crippen molar-refractivity contribution in [2.75, 3.05) is 0 Å². The highest BCUT2D eigenvalue weighted by molar-refractivity contribution is 5.87. The van der Waals surface area contributed by atoms with Gasteiger partial charge in [-0.05, 0) is 45.2 Å². The summed E-state index contributed by atoms with van der Waals surface area (Å²) in [6, 6.07) is 7.57. The summed E-state index contributed by atoms with van der Waals surface area (Å²) in [5.41, 5.74) is 2.21. The minimum Gasteiger partial charge on any atom is -0.352 e. The average Bonchev–Trinajstić information content (AvgIpc) is 2.45. The van der Waals surface area contributed by atoms with Gasteiger partial charge in [-0.2, -0.15) is 0 Å². The van der Waals surface area contributed by atoms with E-state index in [4.69, 9.17) is 0 Å². The van der Waals surface area contributed by atoms with Gasteiger partial charge in [0.2, 0.25) is 11.8 Å². The summed E-state index contributed by atoms with van der Waals surface area (Å²) in [5.74, 6) is -0.0785. The second kappa shape index (κ2) is 8.57. The molecule has 1 atom stereocenters. The molecule has 122 valence electrons. The lowest BCUT2D eigenvalue weighted by Gasteiger charge is -2.29. The summed E-state index contributed by atoms with van der Waals surface area (Å²) >= 11 is 0. The number of nitrogens with one attached hydrogen (secondary N) is 1. The Labute approximate surface area is 133 Å². The second-order valence-electron chi connectivity index (χ2n) is 6.04. The molecule has 0 saturated heterocycles. The lowest BCUT2D eigenvalue weighted by atomic mass is 10.1. The van der Waals surface area contributed by atoms with Gasteiger partial charge in [0.15, 0.2) is 0 Å². The molecule has 0 saturated carbocycles. The molecule has 0 aromatic heterocycles. The number of aryl methyl sites for hydroxylation is 1. The number of hydrogen-bond donors (Lipinski definition) is 1. The highest BCUT2D eigenvalue weighted by Gasteiger charge is 2.26. The minimum atomic E-state index is -0.471.